The van der Waals surface area contributed by atoms with Crippen LogP contribution in [0.4, 0.5) is 10.1 Å². The molecule has 0 saturated heterocycles. The Labute approximate surface area is 135 Å². The van der Waals surface area contributed by atoms with Gasteiger partial charge in [-0.15, -0.1) is 0 Å². The molecule has 3 N–H and O–H groups in total. The molecule has 1 aliphatic rings. The molecule has 23 heavy (non-hydrogen) atoms. The van der Waals surface area contributed by atoms with Crippen LogP contribution in [0.3, 0.4) is 0 Å². The predicted molar refractivity (Wildman–Crippen MR) is 90.4 cm³/mol. The van der Waals surface area contributed by atoms with E-state index in [0.29, 0.717) is 12.5 Å². The third-order valence-corrected chi connectivity index (χ3v) is 4.22. The number of ether oxygens (including phenoxy) is 1. The minimum absolute atomic E-state index is 0.0138. The van der Waals surface area contributed by atoms with Gasteiger partial charge < -0.3 is 15.8 Å². The second-order valence-corrected chi connectivity index (χ2v) is 5.84. The Hall–Kier alpha value is -2.56. The van der Waals surface area contributed by atoms with E-state index in [4.69, 9.17) is 10.5 Å². The molecule has 3 rings (SSSR count). The van der Waals surface area contributed by atoms with E-state index in [2.05, 4.69) is 10.3 Å². The molecule has 120 valence electrons. The molecule has 4 nitrogen and oxygen atoms in total. The summed E-state index contributed by atoms with van der Waals surface area (Å²) in [7, 11) is 1.63. The van der Waals surface area contributed by atoms with Crippen molar-refractivity contribution in [3.05, 3.63) is 59.9 Å². The molecule has 1 aliphatic carbocycles. The summed E-state index contributed by atoms with van der Waals surface area (Å²) in [6.07, 6.45) is 2.11. The molecule has 0 radical (unpaired) electrons. The normalized spacial score (nSPS) is 16.0. The third kappa shape index (κ3) is 3.62. The molecule has 1 saturated carbocycles. The van der Waals surface area contributed by atoms with Crippen molar-refractivity contribution in [2.24, 2.45) is 10.7 Å². The van der Waals surface area contributed by atoms with Gasteiger partial charge in [0.15, 0.2) is 5.96 Å². The lowest BCUT2D eigenvalue weighted by atomic mass is 9.96. The van der Waals surface area contributed by atoms with Crippen molar-refractivity contribution in [1.82, 2.24) is 0 Å². The number of guanidine groups is 1. The van der Waals surface area contributed by atoms with E-state index in [0.717, 1.165) is 29.8 Å². The van der Waals surface area contributed by atoms with E-state index < -0.39 is 0 Å². The van der Waals surface area contributed by atoms with Crippen LogP contribution >= 0.6 is 0 Å². The van der Waals surface area contributed by atoms with Crippen LogP contribution in [0.1, 0.15) is 18.4 Å². The molecule has 0 spiro atoms. The maximum absolute atomic E-state index is 13.0. The number of nitrogens with one attached hydrogen (secondary N) is 1. The first-order valence-corrected chi connectivity index (χ1v) is 7.58. The fourth-order valence-electron chi connectivity index (χ4n) is 2.59. The van der Waals surface area contributed by atoms with Crippen molar-refractivity contribution in [2.75, 3.05) is 19.0 Å². The molecule has 0 amide bonds. The Morgan fingerprint density at radius 1 is 1.17 bits per heavy atom. The fraction of sp³-hybridized carbons (Fsp3) is 0.278. The van der Waals surface area contributed by atoms with E-state index in [9.17, 15) is 4.39 Å². The van der Waals surface area contributed by atoms with Crippen LogP contribution < -0.4 is 15.8 Å². The zero-order valence-corrected chi connectivity index (χ0v) is 13.1. The number of aliphatic imine (C=N–C) groups is 1. The number of nitrogens with two attached hydrogens (primary N) is 1. The van der Waals surface area contributed by atoms with Gasteiger partial charge in [0.1, 0.15) is 11.6 Å². The highest BCUT2D eigenvalue weighted by atomic mass is 19.1. The van der Waals surface area contributed by atoms with E-state index in [1.807, 2.05) is 36.4 Å². The van der Waals surface area contributed by atoms with Crippen molar-refractivity contribution in [3.63, 3.8) is 0 Å². The molecule has 2 aromatic carbocycles. The average molecular weight is 313 g/mol. The SMILES string of the molecule is COc1ccc(NC(N)=NCC2(c3ccc(F)cc3)CC2)cc1. The standard InChI is InChI=1S/C18H20FN3O/c1-23-16-8-6-15(7-9-16)22-17(20)21-12-18(10-11-18)13-2-4-14(19)5-3-13/h2-9H,10-12H2,1H3,(H3,20,21,22). The van der Waals surface area contributed by atoms with Gasteiger partial charge in [0.2, 0.25) is 0 Å². The number of hydrogen-bond acceptors (Lipinski definition) is 2. The third-order valence-electron chi connectivity index (χ3n) is 4.22. The van der Waals surface area contributed by atoms with Crippen molar-refractivity contribution >= 4 is 11.6 Å². The Morgan fingerprint density at radius 2 is 1.83 bits per heavy atom. The molecular formula is C18H20FN3O. The van der Waals surface area contributed by atoms with Crippen LogP contribution in [0.5, 0.6) is 5.75 Å². The summed E-state index contributed by atoms with van der Waals surface area (Å²) in [5.41, 5.74) is 7.96. The van der Waals surface area contributed by atoms with Gasteiger partial charge in [-0.2, -0.15) is 0 Å². The highest BCUT2D eigenvalue weighted by Gasteiger charge is 2.44. The molecule has 0 unspecified atom stereocenters. The maximum Gasteiger partial charge on any atom is 0.193 e. The molecule has 0 heterocycles. The first-order valence-electron chi connectivity index (χ1n) is 7.58. The first-order chi connectivity index (χ1) is 11.1. The molecule has 0 bridgehead atoms. The summed E-state index contributed by atoms with van der Waals surface area (Å²) in [5, 5.41) is 3.07. The monoisotopic (exact) mass is 313 g/mol. The van der Waals surface area contributed by atoms with Crippen molar-refractivity contribution in [1.29, 1.82) is 0 Å². The Bertz CT molecular complexity index is 691. The average Bonchev–Trinajstić information content (AvgIpc) is 3.35. The molecule has 0 aromatic heterocycles. The molecule has 0 aliphatic heterocycles. The number of halogens is 1. The Morgan fingerprint density at radius 3 is 2.39 bits per heavy atom. The van der Waals surface area contributed by atoms with Gasteiger partial charge in [0.25, 0.3) is 0 Å². The van der Waals surface area contributed by atoms with Crippen molar-refractivity contribution < 1.29 is 9.13 Å². The van der Waals surface area contributed by atoms with Crippen molar-refractivity contribution in [3.8, 4) is 5.75 Å². The maximum atomic E-state index is 13.0. The number of hydrogen-bond donors (Lipinski definition) is 2. The summed E-state index contributed by atoms with van der Waals surface area (Å²) < 4.78 is 18.2. The van der Waals surface area contributed by atoms with E-state index in [1.165, 1.54) is 12.1 Å². The van der Waals surface area contributed by atoms with E-state index >= 15 is 0 Å². The zero-order chi connectivity index (χ0) is 16.3. The van der Waals surface area contributed by atoms with Crippen LogP contribution in [0.25, 0.3) is 0 Å². The number of rotatable bonds is 5. The van der Waals surface area contributed by atoms with Gasteiger partial charge in [-0.05, 0) is 54.8 Å². The lowest BCUT2D eigenvalue weighted by molar-refractivity contribution is 0.415. The molecule has 2 aromatic rings. The van der Waals surface area contributed by atoms with E-state index in [-0.39, 0.29) is 11.2 Å². The van der Waals surface area contributed by atoms with Crippen LogP contribution in [-0.4, -0.2) is 19.6 Å². The van der Waals surface area contributed by atoms with Crippen LogP contribution in [0.15, 0.2) is 53.5 Å². The molecular weight excluding hydrogens is 293 g/mol. The lowest BCUT2D eigenvalue weighted by Crippen LogP contribution is -2.24. The Kier molecular flexibility index (Phi) is 4.19. The largest absolute Gasteiger partial charge is 0.497 e. The van der Waals surface area contributed by atoms with Crippen LogP contribution in [0, 0.1) is 5.82 Å². The minimum atomic E-state index is -0.214. The van der Waals surface area contributed by atoms with Gasteiger partial charge in [0, 0.05) is 11.1 Å². The topological polar surface area (TPSA) is 59.6 Å². The van der Waals surface area contributed by atoms with Gasteiger partial charge in [-0.25, -0.2) is 4.39 Å². The fourth-order valence-corrected chi connectivity index (χ4v) is 2.59. The number of methoxy groups -OCH3 is 1. The predicted octanol–water partition coefficient (Wildman–Crippen LogP) is 3.29. The van der Waals surface area contributed by atoms with Gasteiger partial charge in [-0.3, -0.25) is 4.99 Å². The summed E-state index contributed by atoms with van der Waals surface area (Å²) >= 11 is 0. The van der Waals surface area contributed by atoms with Crippen LogP contribution in [0.2, 0.25) is 0 Å². The Balaban J connectivity index is 1.63. The van der Waals surface area contributed by atoms with Crippen LogP contribution in [-0.2, 0) is 5.41 Å². The summed E-state index contributed by atoms with van der Waals surface area (Å²) in [6.45, 7) is 0.605. The number of anilines is 1. The smallest absolute Gasteiger partial charge is 0.193 e. The van der Waals surface area contributed by atoms with Gasteiger partial charge >= 0.3 is 0 Å². The van der Waals surface area contributed by atoms with Gasteiger partial charge in [-0.1, -0.05) is 12.1 Å². The quantitative estimate of drug-likeness (QED) is 0.658. The van der Waals surface area contributed by atoms with E-state index in [1.54, 1.807) is 7.11 Å². The summed E-state index contributed by atoms with van der Waals surface area (Å²) in [6, 6.07) is 14.2. The molecule has 5 heteroatoms. The zero-order valence-electron chi connectivity index (χ0n) is 13.1. The summed E-state index contributed by atoms with van der Waals surface area (Å²) in [5.74, 6) is 0.955. The van der Waals surface area contributed by atoms with Gasteiger partial charge in [0.05, 0.1) is 13.7 Å². The second kappa shape index (κ2) is 6.28. The van der Waals surface area contributed by atoms with Crippen molar-refractivity contribution in [2.45, 2.75) is 18.3 Å². The second-order valence-electron chi connectivity index (χ2n) is 5.84. The lowest BCUT2D eigenvalue weighted by Gasteiger charge is -2.14. The molecule has 1 fully saturated rings. The number of benzene rings is 2. The minimum Gasteiger partial charge on any atom is -0.497 e. The summed E-state index contributed by atoms with van der Waals surface area (Å²) in [4.78, 5) is 4.45. The highest BCUT2D eigenvalue weighted by molar-refractivity contribution is 5.92. The molecule has 0 atom stereocenters. The highest BCUT2D eigenvalue weighted by Crippen LogP contribution is 2.48. The number of nitrogens with zero attached hydrogens (tertiary/aromatic N) is 1. The first kappa shape index (κ1) is 15.3.